The molecule has 0 spiro atoms. The Kier molecular flexibility index (Phi) is 6.87. The minimum Gasteiger partial charge on any atom is -0.481 e. The molecule has 0 aliphatic rings. The van der Waals surface area contributed by atoms with Gasteiger partial charge in [-0.25, -0.2) is 4.79 Å². The molecule has 19 heavy (non-hydrogen) atoms. The van der Waals surface area contributed by atoms with Gasteiger partial charge in [-0.3, -0.25) is 4.79 Å². The van der Waals surface area contributed by atoms with E-state index in [1.807, 2.05) is 20.8 Å². The van der Waals surface area contributed by atoms with Crippen LogP contribution >= 0.6 is 0 Å². The molecule has 5 nitrogen and oxygen atoms in total. The summed E-state index contributed by atoms with van der Waals surface area (Å²) in [4.78, 5) is 25.0. The summed E-state index contributed by atoms with van der Waals surface area (Å²) >= 11 is 0. The second-order valence-corrected chi connectivity index (χ2v) is 6.02. The molecule has 0 fully saturated rings. The van der Waals surface area contributed by atoms with E-state index in [4.69, 9.17) is 0 Å². The second-order valence-electron chi connectivity index (χ2n) is 6.02. The third-order valence-corrected chi connectivity index (χ3v) is 3.37. The van der Waals surface area contributed by atoms with Crippen molar-refractivity contribution in [2.75, 3.05) is 13.1 Å². The fourth-order valence-electron chi connectivity index (χ4n) is 1.65. The molecule has 0 heterocycles. The van der Waals surface area contributed by atoms with Crippen molar-refractivity contribution in [3.8, 4) is 0 Å². The Bertz CT molecular complexity index is 316. The molecule has 0 radical (unpaired) electrons. The Balaban J connectivity index is 4.61. The Morgan fingerprint density at radius 3 is 2.11 bits per heavy atom. The summed E-state index contributed by atoms with van der Waals surface area (Å²) in [5, 5.41) is 11.9. The highest BCUT2D eigenvalue weighted by molar-refractivity contribution is 5.78. The van der Waals surface area contributed by atoms with Gasteiger partial charge in [0, 0.05) is 19.1 Å². The number of hydrogen-bond donors (Lipinski definition) is 2. The molecule has 2 amide bonds. The van der Waals surface area contributed by atoms with Crippen LogP contribution < -0.4 is 5.32 Å². The first-order valence-corrected chi connectivity index (χ1v) is 6.92. The molecule has 0 aromatic rings. The summed E-state index contributed by atoms with van der Waals surface area (Å²) in [6.45, 7) is 12.3. The maximum atomic E-state index is 12.1. The average Bonchev–Trinajstić information content (AvgIpc) is 2.31. The van der Waals surface area contributed by atoms with Crippen LogP contribution in [0.25, 0.3) is 0 Å². The van der Waals surface area contributed by atoms with Crippen LogP contribution in [0.5, 0.6) is 0 Å². The number of carbonyl (C=O) groups excluding carboxylic acids is 1. The molecule has 0 aromatic heterocycles. The van der Waals surface area contributed by atoms with Gasteiger partial charge in [-0.1, -0.05) is 20.8 Å². The number of carboxylic acids is 1. The van der Waals surface area contributed by atoms with Gasteiger partial charge in [0.15, 0.2) is 0 Å². The Morgan fingerprint density at radius 2 is 1.79 bits per heavy atom. The van der Waals surface area contributed by atoms with Gasteiger partial charge in [0.05, 0.1) is 5.41 Å². The Hall–Kier alpha value is -1.26. The minimum absolute atomic E-state index is 0.0973. The summed E-state index contributed by atoms with van der Waals surface area (Å²) in [5.41, 5.74) is -0.907. The minimum atomic E-state index is -0.907. The van der Waals surface area contributed by atoms with Crippen LogP contribution in [0.1, 0.15) is 48.0 Å². The number of carboxylic acid groups (broad SMARTS) is 1. The summed E-state index contributed by atoms with van der Waals surface area (Å²) in [6.07, 6.45) is 0.481. The number of urea groups is 1. The zero-order valence-electron chi connectivity index (χ0n) is 13.0. The van der Waals surface area contributed by atoms with E-state index < -0.39 is 11.4 Å². The van der Waals surface area contributed by atoms with E-state index in [0.717, 1.165) is 0 Å². The lowest BCUT2D eigenvalue weighted by Gasteiger charge is -2.31. The summed E-state index contributed by atoms with van der Waals surface area (Å²) in [5.74, 6) is -0.500. The Labute approximate surface area is 116 Å². The van der Waals surface area contributed by atoms with E-state index in [1.54, 1.807) is 11.8 Å². The van der Waals surface area contributed by atoms with E-state index in [-0.39, 0.29) is 18.6 Å². The maximum Gasteiger partial charge on any atom is 0.317 e. The molecule has 0 saturated carbocycles. The number of hydrogen-bond acceptors (Lipinski definition) is 2. The molecule has 1 unspecified atom stereocenters. The summed E-state index contributed by atoms with van der Waals surface area (Å²) in [7, 11) is 0. The van der Waals surface area contributed by atoms with Gasteiger partial charge in [-0.15, -0.1) is 0 Å². The number of nitrogens with zero attached hydrogens (tertiary/aromatic N) is 1. The largest absolute Gasteiger partial charge is 0.481 e. The molecule has 0 aromatic carbocycles. The molecule has 0 saturated heterocycles. The summed E-state index contributed by atoms with van der Waals surface area (Å²) < 4.78 is 0. The lowest BCUT2D eigenvalue weighted by molar-refractivity contribution is -0.147. The SMILES string of the molecule is CCC(C)(CNC(=O)N(CC(C)C)C(C)C)C(=O)O. The van der Waals surface area contributed by atoms with Crippen molar-refractivity contribution in [3.63, 3.8) is 0 Å². The first-order valence-electron chi connectivity index (χ1n) is 6.92. The number of carbonyl (C=O) groups is 2. The van der Waals surface area contributed by atoms with Gasteiger partial charge < -0.3 is 15.3 Å². The standard InChI is InChI=1S/C14H28N2O3/c1-7-14(6,12(17)18)9-15-13(19)16(11(4)5)8-10(2)3/h10-11H,7-9H2,1-6H3,(H,15,19)(H,17,18). The lowest BCUT2D eigenvalue weighted by atomic mass is 9.88. The average molecular weight is 272 g/mol. The quantitative estimate of drug-likeness (QED) is 0.748. The van der Waals surface area contributed by atoms with Crippen molar-refractivity contribution < 1.29 is 14.7 Å². The predicted octanol–water partition coefficient (Wildman–Crippen LogP) is 2.56. The van der Waals surface area contributed by atoms with Crippen LogP contribution in [0, 0.1) is 11.3 Å². The van der Waals surface area contributed by atoms with E-state index in [2.05, 4.69) is 19.2 Å². The number of aliphatic carboxylic acids is 1. The molecule has 2 N–H and O–H groups in total. The van der Waals surface area contributed by atoms with E-state index in [9.17, 15) is 14.7 Å². The molecule has 0 aliphatic carbocycles. The van der Waals surface area contributed by atoms with Crippen LogP contribution in [-0.4, -0.2) is 41.1 Å². The van der Waals surface area contributed by atoms with Gasteiger partial charge in [0.2, 0.25) is 0 Å². The van der Waals surface area contributed by atoms with Crippen molar-refractivity contribution >= 4 is 12.0 Å². The molecular formula is C14H28N2O3. The van der Waals surface area contributed by atoms with Gasteiger partial charge in [-0.2, -0.15) is 0 Å². The van der Waals surface area contributed by atoms with Gasteiger partial charge in [0.25, 0.3) is 0 Å². The van der Waals surface area contributed by atoms with Crippen LogP contribution in [0.2, 0.25) is 0 Å². The number of nitrogens with one attached hydrogen (secondary N) is 1. The van der Waals surface area contributed by atoms with Crippen molar-refractivity contribution in [1.29, 1.82) is 0 Å². The summed E-state index contributed by atoms with van der Waals surface area (Å²) in [6, 6.07) is -0.0928. The van der Waals surface area contributed by atoms with E-state index in [0.29, 0.717) is 18.9 Å². The topological polar surface area (TPSA) is 69.6 Å². The normalized spacial score (nSPS) is 14.3. The fraction of sp³-hybridized carbons (Fsp3) is 0.857. The van der Waals surface area contributed by atoms with Crippen molar-refractivity contribution in [3.05, 3.63) is 0 Å². The van der Waals surface area contributed by atoms with Crippen LogP contribution in [0.3, 0.4) is 0 Å². The van der Waals surface area contributed by atoms with Gasteiger partial charge in [0.1, 0.15) is 0 Å². The highest BCUT2D eigenvalue weighted by Crippen LogP contribution is 2.20. The molecule has 0 aliphatic heterocycles. The third kappa shape index (κ3) is 5.49. The number of amides is 2. The van der Waals surface area contributed by atoms with Crippen molar-refractivity contribution in [1.82, 2.24) is 10.2 Å². The molecule has 5 heteroatoms. The molecule has 112 valence electrons. The first-order chi connectivity index (χ1) is 8.64. The highest BCUT2D eigenvalue weighted by atomic mass is 16.4. The molecule has 1 atom stereocenters. The smallest absolute Gasteiger partial charge is 0.317 e. The van der Waals surface area contributed by atoms with Gasteiger partial charge >= 0.3 is 12.0 Å². The third-order valence-electron chi connectivity index (χ3n) is 3.37. The van der Waals surface area contributed by atoms with E-state index >= 15 is 0 Å². The molecule has 0 bridgehead atoms. The van der Waals surface area contributed by atoms with Crippen LogP contribution in [0.4, 0.5) is 4.79 Å². The maximum absolute atomic E-state index is 12.1. The van der Waals surface area contributed by atoms with E-state index in [1.165, 1.54) is 0 Å². The highest BCUT2D eigenvalue weighted by Gasteiger charge is 2.32. The molecule has 0 rings (SSSR count). The van der Waals surface area contributed by atoms with Crippen LogP contribution in [0.15, 0.2) is 0 Å². The zero-order valence-corrected chi connectivity index (χ0v) is 13.0. The van der Waals surface area contributed by atoms with Crippen molar-refractivity contribution in [2.24, 2.45) is 11.3 Å². The first kappa shape index (κ1) is 17.7. The second kappa shape index (κ2) is 7.36. The number of rotatable bonds is 7. The zero-order chi connectivity index (χ0) is 15.2. The van der Waals surface area contributed by atoms with Gasteiger partial charge in [-0.05, 0) is 33.1 Å². The monoisotopic (exact) mass is 272 g/mol. The predicted molar refractivity (Wildman–Crippen MR) is 76.1 cm³/mol. The lowest BCUT2D eigenvalue weighted by Crippen LogP contribution is -2.49. The fourth-order valence-corrected chi connectivity index (χ4v) is 1.65. The van der Waals surface area contributed by atoms with Crippen LogP contribution in [-0.2, 0) is 4.79 Å². The van der Waals surface area contributed by atoms with Crippen molar-refractivity contribution in [2.45, 2.75) is 54.0 Å². The molecular weight excluding hydrogens is 244 g/mol. The Morgan fingerprint density at radius 1 is 1.26 bits per heavy atom.